The van der Waals surface area contributed by atoms with Crippen LogP contribution in [0, 0.1) is 6.92 Å². The van der Waals surface area contributed by atoms with E-state index in [1.165, 1.54) is 22.5 Å². The number of carbonyl (C=O) groups is 1. The molecule has 0 spiro atoms. The molecule has 0 aliphatic rings. The van der Waals surface area contributed by atoms with E-state index in [-0.39, 0.29) is 17.2 Å². The second-order valence-corrected chi connectivity index (χ2v) is 7.74. The molecule has 1 amide bonds. The Bertz CT molecular complexity index is 1280. The standard InChI is InChI=1S/C22H21N5O3S/c1-3-30-17-9-7-16(8-10-17)27-21(29)18-12-23-26-20(18)25-22(27)31-13-19(28)24-15-6-4-5-14(2)11-15/h4-12H,3,13H2,1-2H3,(H,23,26)(H,24,28). The molecular formula is C22H21N5O3S. The van der Waals surface area contributed by atoms with Gasteiger partial charge in [-0.1, -0.05) is 23.9 Å². The lowest BCUT2D eigenvalue weighted by Gasteiger charge is -2.13. The molecule has 0 saturated carbocycles. The molecule has 0 bridgehead atoms. The van der Waals surface area contributed by atoms with Gasteiger partial charge in [0.25, 0.3) is 5.56 Å². The zero-order chi connectivity index (χ0) is 21.8. The Morgan fingerprint density at radius 3 is 2.77 bits per heavy atom. The highest BCUT2D eigenvalue weighted by atomic mass is 32.2. The minimum absolute atomic E-state index is 0.0943. The summed E-state index contributed by atoms with van der Waals surface area (Å²) in [5.74, 6) is 0.619. The van der Waals surface area contributed by atoms with E-state index in [4.69, 9.17) is 4.74 Å². The summed E-state index contributed by atoms with van der Waals surface area (Å²) in [4.78, 5) is 30.1. The number of fused-ring (bicyclic) bond motifs is 1. The van der Waals surface area contributed by atoms with Gasteiger partial charge in [0.15, 0.2) is 10.8 Å². The Morgan fingerprint density at radius 1 is 1.23 bits per heavy atom. The van der Waals surface area contributed by atoms with Gasteiger partial charge in [-0.15, -0.1) is 0 Å². The van der Waals surface area contributed by atoms with Crippen molar-refractivity contribution < 1.29 is 9.53 Å². The lowest BCUT2D eigenvalue weighted by molar-refractivity contribution is -0.113. The van der Waals surface area contributed by atoms with Crippen LogP contribution in [0.3, 0.4) is 0 Å². The summed E-state index contributed by atoms with van der Waals surface area (Å²) in [7, 11) is 0. The Hall–Kier alpha value is -3.59. The molecule has 4 rings (SSSR count). The maximum absolute atomic E-state index is 13.1. The summed E-state index contributed by atoms with van der Waals surface area (Å²) >= 11 is 1.18. The number of aryl methyl sites for hydroxylation is 1. The van der Waals surface area contributed by atoms with Crippen molar-refractivity contribution in [2.45, 2.75) is 19.0 Å². The molecular weight excluding hydrogens is 414 g/mol. The van der Waals surface area contributed by atoms with Gasteiger partial charge in [0, 0.05) is 5.69 Å². The van der Waals surface area contributed by atoms with Gasteiger partial charge in [-0.3, -0.25) is 19.3 Å². The second-order valence-electron chi connectivity index (χ2n) is 6.80. The second kappa shape index (κ2) is 9.05. The molecule has 0 atom stereocenters. The Kier molecular flexibility index (Phi) is 6.03. The molecule has 31 heavy (non-hydrogen) atoms. The number of anilines is 1. The molecule has 0 aliphatic heterocycles. The van der Waals surface area contributed by atoms with Crippen LogP contribution in [0.15, 0.2) is 64.7 Å². The topological polar surface area (TPSA) is 102 Å². The third-order valence-corrected chi connectivity index (χ3v) is 5.43. The molecule has 2 N–H and O–H groups in total. The van der Waals surface area contributed by atoms with E-state index in [1.807, 2.05) is 38.1 Å². The summed E-state index contributed by atoms with van der Waals surface area (Å²) in [5.41, 5.74) is 2.54. The van der Waals surface area contributed by atoms with Gasteiger partial charge in [0.1, 0.15) is 11.1 Å². The average molecular weight is 436 g/mol. The monoisotopic (exact) mass is 435 g/mol. The van der Waals surface area contributed by atoms with Crippen LogP contribution in [-0.2, 0) is 4.79 Å². The fraction of sp³-hybridized carbons (Fsp3) is 0.182. The highest BCUT2D eigenvalue weighted by Crippen LogP contribution is 2.22. The van der Waals surface area contributed by atoms with Crippen molar-refractivity contribution in [2.75, 3.05) is 17.7 Å². The predicted octanol–water partition coefficient (Wildman–Crippen LogP) is 3.55. The average Bonchev–Trinajstić information content (AvgIpc) is 3.22. The van der Waals surface area contributed by atoms with Gasteiger partial charge in [-0.25, -0.2) is 4.98 Å². The van der Waals surface area contributed by atoms with Crippen LogP contribution in [0.1, 0.15) is 12.5 Å². The molecule has 2 aromatic carbocycles. The molecule has 0 saturated heterocycles. The van der Waals surface area contributed by atoms with Gasteiger partial charge < -0.3 is 10.1 Å². The molecule has 0 unspecified atom stereocenters. The Labute approximate surface area is 182 Å². The lowest BCUT2D eigenvalue weighted by Crippen LogP contribution is -2.22. The number of H-pyrrole nitrogens is 1. The Morgan fingerprint density at radius 2 is 2.03 bits per heavy atom. The van der Waals surface area contributed by atoms with E-state index in [9.17, 15) is 9.59 Å². The molecule has 0 fully saturated rings. The maximum atomic E-state index is 13.1. The minimum atomic E-state index is -0.260. The van der Waals surface area contributed by atoms with E-state index in [0.29, 0.717) is 34.2 Å². The number of rotatable bonds is 7. The zero-order valence-corrected chi connectivity index (χ0v) is 17.9. The third kappa shape index (κ3) is 4.61. The molecule has 9 heteroatoms. The number of amides is 1. The van der Waals surface area contributed by atoms with Crippen molar-refractivity contribution in [3.63, 3.8) is 0 Å². The number of hydrogen-bond acceptors (Lipinski definition) is 6. The number of benzene rings is 2. The molecule has 158 valence electrons. The van der Waals surface area contributed by atoms with Gasteiger partial charge in [0.05, 0.1) is 24.2 Å². The van der Waals surface area contributed by atoms with Crippen LogP contribution < -0.4 is 15.6 Å². The molecule has 4 aromatic rings. The van der Waals surface area contributed by atoms with Crippen molar-refractivity contribution in [1.82, 2.24) is 19.7 Å². The van der Waals surface area contributed by atoms with Gasteiger partial charge in [0.2, 0.25) is 5.91 Å². The van der Waals surface area contributed by atoms with Gasteiger partial charge in [-0.2, -0.15) is 5.10 Å². The Balaban J connectivity index is 1.62. The number of nitrogens with one attached hydrogen (secondary N) is 2. The van der Waals surface area contributed by atoms with E-state index in [1.54, 1.807) is 24.3 Å². The first-order valence-electron chi connectivity index (χ1n) is 9.74. The largest absolute Gasteiger partial charge is 0.494 e. The number of thioether (sulfide) groups is 1. The van der Waals surface area contributed by atoms with E-state index in [0.717, 1.165) is 11.3 Å². The van der Waals surface area contributed by atoms with E-state index < -0.39 is 0 Å². The summed E-state index contributed by atoms with van der Waals surface area (Å²) in [5, 5.41) is 10.3. The molecule has 0 radical (unpaired) electrons. The molecule has 2 heterocycles. The van der Waals surface area contributed by atoms with Gasteiger partial charge >= 0.3 is 0 Å². The summed E-state index contributed by atoms with van der Waals surface area (Å²) in [6, 6.07) is 14.7. The predicted molar refractivity (Wildman–Crippen MR) is 121 cm³/mol. The summed E-state index contributed by atoms with van der Waals surface area (Å²) in [6.07, 6.45) is 1.45. The highest BCUT2D eigenvalue weighted by Gasteiger charge is 2.16. The summed E-state index contributed by atoms with van der Waals surface area (Å²) < 4.78 is 6.97. The first-order valence-corrected chi connectivity index (χ1v) is 10.7. The quantitative estimate of drug-likeness (QED) is 0.340. The van der Waals surface area contributed by atoms with Crippen LogP contribution in [0.2, 0.25) is 0 Å². The smallest absolute Gasteiger partial charge is 0.269 e. The number of aromatic nitrogens is 4. The van der Waals surface area contributed by atoms with Crippen molar-refractivity contribution in [1.29, 1.82) is 0 Å². The highest BCUT2D eigenvalue weighted by molar-refractivity contribution is 7.99. The van der Waals surface area contributed by atoms with Crippen molar-refractivity contribution in [2.24, 2.45) is 0 Å². The van der Waals surface area contributed by atoms with Crippen LogP contribution in [0.4, 0.5) is 5.69 Å². The fourth-order valence-electron chi connectivity index (χ4n) is 3.11. The first-order chi connectivity index (χ1) is 15.0. The van der Waals surface area contributed by atoms with E-state index >= 15 is 0 Å². The number of hydrogen-bond donors (Lipinski definition) is 2. The first kappa shape index (κ1) is 20.7. The number of aromatic amines is 1. The third-order valence-electron chi connectivity index (χ3n) is 4.49. The summed E-state index contributed by atoms with van der Waals surface area (Å²) in [6.45, 7) is 4.42. The van der Waals surface area contributed by atoms with Crippen molar-refractivity contribution in [3.8, 4) is 11.4 Å². The molecule has 0 aliphatic carbocycles. The lowest BCUT2D eigenvalue weighted by atomic mass is 10.2. The van der Waals surface area contributed by atoms with Crippen molar-refractivity contribution >= 4 is 34.4 Å². The minimum Gasteiger partial charge on any atom is -0.494 e. The van der Waals surface area contributed by atoms with Crippen LogP contribution in [-0.4, -0.2) is 38.0 Å². The van der Waals surface area contributed by atoms with Crippen LogP contribution in [0.5, 0.6) is 5.75 Å². The zero-order valence-electron chi connectivity index (χ0n) is 17.1. The molecule has 2 aromatic heterocycles. The van der Waals surface area contributed by atoms with E-state index in [2.05, 4.69) is 20.5 Å². The number of ether oxygens (including phenoxy) is 1. The van der Waals surface area contributed by atoms with Crippen LogP contribution >= 0.6 is 11.8 Å². The SMILES string of the molecule is CCOc1ccc(-n2c(SCC(=O)Nc3cccc(C)c3)nc3[nH]ncc3c2=O)cc1. The maximum Gasteiger partial charge on any atom is 0.269 e. The molecule has 8 nitrogen and oxygen atoms in total. The number of carbonyl (C=O) groups excluding carboxylic acids is 1. The van der Waals surface area contributed by atoms with Crippen molar-refractivity contribution in [3.05, 3.63) is 70.6 Å². The number of nitrogens with zero attached hydrogens (tertiary/aromatic N) is 3. The van der Waals surface area contributed by atoms with Gasteiger partial charge in [-0.05, 0) is 55.8 Å². The van der Waals surface area contributed by atoms with Crippen LogP contribution in [0.25, 0.3) is 16.7 Å². The fourth-order valence-corrected chi connectivity index (χ4v) is 3.91. The normalized spacial score (nSPS) is 10.9.